The molecule has 1 atom stereocenters. The van der Waals surface area contributed by atoms with Gasteiger partial charge in [-0.25, -0.2) is 4.79 Å². The summed E-state index contributed by atoms with van der Waals surface area (Å²) in [5.41, 5.74) is -0.532. The molecular formula is C18H15BrClN3O4. The molecule has 9 heteroatoms. The lowest BCUT2D eigenvalue weighted by atomic mass is 9.92. The summed E-state index contributed by atoms with van der Waals surface area (Å²) >= 11 is 9.07. The Morgan fingerprint density at radius 3 is 2.56 bits per heavy atom. The van der Waals surface area contributed by atoms with E-state index >= 15 is 0 Å². The highest BCUT2D eigenvalue weighted by atomic mass is 79.9. The van der Waals surface area contributed by atoms with E-state index in [1.165, 1.54) is 18.2 Å². The van der Waals surface area contributed by atoms with Gasteiger partial charge in [-0.1, -0.05) is 39.7 Å². The van der Waals surface area contributed by atoms with Crippen LogP contribution in [0, 0.1) is 0 Å². The van der Waals surface area contributed by atoms with Crippen LogP contribution in [0.5, 0.6) is 5.75 Å². The van der Waals surface area contributed by atoms with Gasteiger partial charge in [-0.3, -0.25) is 14.5 Å². The van der Waals surface area contributed by atoms with Crippen molar-refractivity contribution in [2.75, 3.05) is 11.9 Å². The van der Waals surface area contributed by atoms with Crippen LogP contribution in [0.3, 0.4) is 0 Å². The maximum Gasteiger partial charge on any atom is 0.325 e. The minimum atomic E-state index is -1.26. The minimum Gasteiger partial charge on any atom is -0.506 e. The van der Waals surface area contributed by atoms with E-state index in [2.05, 4.69) is 26.6 Å². The predicted octanol–water partition coefficient (Wildman–Crippen LogP) is 3.21. The summed E-state index contributed by atoms with van der Waals surface area (Å²) in [5, 5.41) is 15.2. The number of halogens is 2. The van der Waals surface area contributed by atoms with Gasteiger partial charge in [0.2, 0.25) is 5.91 Å². The van der Waals surface area contributed by atoms with Crippen LogP contribution in [0.2, 0.25) is 5.02 Å². The molecule has 3 rings (SSSR count). The van der Waals surface area contributed by atoms with E-state index in [0.717, 1.165) is 9.37 Å². The van der Waals surface area contributed by atoms with Gasteiger partial charge >= 0.3 is 6.03 Å². The minimum absolute atomic E-state index is 0.132. The molecule has 2 aromatic carbocycles. The van der Waals surface area contributed by atoms with E-state index in [9.17, 15) is 19.5 Å². The fourth-order valence-electron chi connectivity index (χ4n) is 2.76. The summed E-state index contributed by atoms with van der Waals surface area (Å²) in [6.45, 7) is 1.10. The molecule has 0 aromatic heterocycles. The van der Waals surface area contributed by atoms with Crippen LogP contribution in [0.25, 0.3) is 0 Å². The van der Waals surface area contributed by atoms with Crippen LogP contribution in [0.4, 0.5) is 10.5 Å². The van der Waals surface area contributed by atoms with Gasteiger partial charge in [0.1, 0.15) is 17.8 Å². The Bertz CT molecular complexity index is 935. The first-order valence-electron chi connectivity index (χ1n) is 7.89. The molecule has 0 radical (unpaired) electrons. The first kappa shape index (κ1) is 19.2. The van der Waals surface area contributed by atoms with Crippen molar-refractivity contribution >= 4 is 51.1 Å². The van der Waals surface area contributed by atoms with Crippen molar-refractivity contribution in [1.29, 1.82) is 0 Å². The topological polar surface area (TPSA) is 98.7 Å². The molecule has 1 fully saturated rings. The lowest BCUT2D eigenvalue weighted by molar-refractivity contribution is -0.133. The lowest BCUT2D eigenvalue weighted by Crippen LogP contribution is -2.42. The van der Waals surface area contributed by atoms with E-state index in [1.807, 2.05) is 0 Å². The molecule has 1 aliphatic rings. The van der Waals surface area contributed by atoms with Crippen molar-refractivity contribution in [3.8, 4) is 5.75 Å². The summed E-state index contributed by atoms with van der Waals surface area (Å²) < 4.78 is 0.839. The molecule has 27 heavy (non-hydrogen) atoms. The molecule has 2 aromatic rings. The third-order valence-electron chi connectivity index (χ3n) is 4.23. The molecule has 4 amide bonds. The third-order valence-corrected chi connectivity index (χ3v) is 5.00. The van der Waals surface area contributed by atoms with E-state index in [-0.39, 0.29) is 11.4 Å². The van der Waals surface area contributed by atoms with Gasteiger partial charge in [0, 0.05) is 15.6 Å². The Balaban J connectivity index is 1.75. The van der Waals surface area contributed by atoms with Crippen molar-refractivity contribution < 1.29 is 19.5 Å². The van der Waals surface area contributed by atoms with Gasteiger partial charge in [-0.15, -0.1) is 0 Å². The largest absolute Gasteiger partial charge is 0.506 e. The Kier molecular flexibility index (Phi) is 5.12. The van der Waals surface area contributed by atoms with Crippen molar-refractivity contribution in [3.63, 3.8) is 0 Å². The summed E-state index contributed by atoms with van der Waals surface area (Å²) in [7, 11) is 0. The molecule has 1 unspecified atom stereocenters. The quantitative estimate of drug-likeness (QED) is 0.490. The maximum atomic E-state index is 12.8. The third kappa shape index (κ3) is 3.77. The molecular weight excluding hydrogens is 438 g/mol. The lowest BCUT2D eigenvalue weighted by Gasteiger charge is -2.22. The number of urea groups is 1. The average Bonchev–Trinajstić information content (AvgIpc) is 2.82. The molecule has 1 heterocycles. The number of amides is 4. The van der Waals surface area contributed by atoms with Crippen molar-refractivity contribution in [2.24, 2.45) is 0 Å². The molecule has 0 saturated carbocycles. The van der Waals surface area contributed by atoms with E-state index in [4.69, 9.17) is 11.6 Å². The van der Waals surface area contributed by atoms with Gasteiger partial charge < -0.3 is 15.7 Å². The highest BCUT2D eigenvalue weighted by molar-refractivity contribution is 9.10. The number of rotatable bonds is 4. The molecule has 1 saturated heterocycles. The second-order valence-corrected chi connectivity index (χ2v) is 7.52. The second kappa shape index (κ2) is 7.21. The number of hydrogen-bond donors (Lipinski definition) is 3. The predicted molar refractivity (Wildman–Crippen MR) is 103 cm³/mol. The Morgan fingerprint density at radius 1 is 1.26 bits per heavy atom. The Hall–Kier alpha value is -2.58. The first-order valence-corrected chi connectivity index (χ1v) is 9.06. The summed E-state index contributed by atoms with van der Waals surface area (Å²) in [6.07, 6.45) is 0. The van der Waals surface area contributed by atoms with Crippen LogP contribution in [0.1, 0.15) is 12.5 Å². The van der Waals surface area contributed by atoms with Crippen LogP contribution in [0.15, 0.2) is 46.9 Å². The Labute approximate surface area is 168 Å². The van der Waals surface area contributed by atoms with Crippen LogP contribution in [-0.2, 0) is 15.1 Å². The van der Waals surface area contributed by atoms with Crippen LogP contribution >= 0.6 is 27.5 Å². The fraction of sp³-hybridized carbons (Fsp3) is 0.167. The molecule has 0 spiro atoms. The number of benzene rings is 2. The van der Waals surface area contributed by atoms with Gasteiger partial charge in [-0.05, 0) is 36.8 Å². The zero-order valence-electron chi connectivity index (χ0n) is 14.1. The van der Waals surface area contributed by atoms with Crippen molar-refractivity contribution in [3.05, 3.63) is 57.5 Å². The van der Waals surface area contributed by atoms with Crippen molar-refractivity contribution in [1.82, 2.24) is 10.2 Å². The number of nitrogens with one attached hydrogen (secondary N) is 2. The normalized spacial score (nSPS) is 19.1. The standard InChI is InChI=1S/C18H15BrClN3O4/c1-18(10-2-4-11(19)5-3-10)16(26)23(17(27)22-18)9-15(25)21-13-7-6-12(20)8-14(13)24/h2-8,24H,9H2,1H3,(H,21,25)(H,22,27). The van der Waals surface area contributed by atoms with E-state index in [1.54, 1.807) is 31.2 Å². The van der Waals surface area contributed by atoms with Crippen LogP contribution in [-0.4, -0.2) is 34.4 Å². The van der Waals surface area contributed by atoms with Gasteiger partial charge in [0.05, 0.1) is 5.69 Å². The monoisotopic (exact) mass is 451 g/mol. The Morgan fingerprint density at radius 2 is 1.93 bits per heavy atom. The number of carbonyl (C=O) groups is 3. The van der Waals surface area contributed by atoms with Gasteiger partial charge in [0.25, 0.3) is 5.91 Å². The number of hydrogen-bond acceptors (Lipinski definition) is 4. The molecule has 3 N–H and O–H groups in total. The molecule has 7 nitrogen and oxygen atoms in total. The summed E-state index contributed by atoms with van der Waals surface area (Å²) in [4.78, 5) is 38.2. The smallest absolute Gasteiger partial charge is 0.325 e. The molecule has 140 valence electrons. The maximum absolute atomic E-state index is 12.8. The number of phenolic OH excluding ortho intramolecular Hbond substituents is 1. The van der Waals surface area contributed by atoms with Crippen molar-refractivity contribution in [2.45, 2.75) is 12.5 Å². The average molecular weight is 453 g/mol. The van der Waals surface area contributed by atoms with Gasteiger partial charge in [0.15, 0.2) is 0 Å². The number of carbonyl (C=O) groups excluding carboxylic acids is 3. The van der Waals surface area contributed by atoms with Gasteiger partial charge in [-0.2, -0.15) is 0 Å². The number of anilines is 1. The van der Waals surface area contributed by atoms with E-state index < -0.39 is 29.9 Å². The van der Waals surface area contributed by atoms with Crippen LogP contribution < -0.4 is 10.6 Å². The fourth-order valence-corrected chi connectivity index (χ4v) is 3.19. The zero-order chi connectivity index (χ0) is 19.8. The molecule has 1 aliphatic heterocycles. The molecule has 0 bridgehead atoms. The SMILES string of the molecule is CC1(c2ccc(Br)cc2)NC(=O)N(CC(=O)Nc2ccc(Cl)cc2O)C1=O. The van der Waals surface area contributed by atoms with E-state index in [0.29, 0.717) is 10.6 Å². The number of aromatic hydroxyl groups is 1. The summed E-state index contributed by atoms with van der Waals surface area (Å²) in [6, 6.07) is 10.5. The highest BCUT2D eigenvalue weighted by Gasteiger charge is 2.49. The number of nitrogens with zero attached hydrogens (tertiary/aromatic N) is 1. The summed E-state index contributed by atoms with van der Waals surface area (Å²) in [5.74, 6) is -1.38. The number of imide groups is 1. The molecule has 0 aliphatic carbocycles. The second-order valence-electron chi connectivity index (χ2n) is 6.16. The first-order chi connectivity index (χ1) is 12.7. The zero-order valence-corrected chi connectivity index (χ0v) is 16.5. The number of phenols is 1. The highest BCUT2D eigenvalue weighted by Crippen LogP contribution is 2.30.